The van der Waals surface area contributed by atoms with Gasteiger partial charge in [0.1, 0.15) is 11.5 Å². The average molecular weight is 285 g/mol. The third-order valence-corrected chi connectivity index (χ3v) is 3.12. The highest BCUT2D eigenvalue weighted by Gasteiger charge is 2.14. The van der Waals surface area contributed by atoms with Crippen LogP contribution >= 0.6 is 0 Å². The highest BCUT2D eigenvalue weighted by molar-refractivity contribution is 5.91. The van der Waals surface area contributed by atoms with E-state index in [1.165, 1.54) is 12.3 Å². The Bertz CT molecular complexity index is 814. The van der Waals surface area contributed by atoms with Crippen molar-refractivity contribution in [1.29, 1.82) is 0 Å². The number of rotatable bonds is 3. The first-order valence-corrected chi connectivity index (χ1v) is 6.26. The minimum atomic E-state index is -0.514. The Morgan fingerprint density at radius 3 is 2.95 bits per heavy atom. The zero-order valence-corrected chi connectivity index (χ0v) is 11.0. The van der Waals surface area contributed by atoms with E-state index in [9.17, 15) is 9.18 Å². The lowest BCUT2D eigenvalue weighted by atomic mass is 10.1. The summed E-state index contributed by atoms with van der Waals surface area (Å²) < 4.78 is 15.4. The van der Waals surface area contributed by atoms with Crippen molar-refractivity contribution in [3.8, 4) is 0 Å². The Labute approximate surface area is 119 Å². The van der Waals surface area contributed by atoms with Gasteiger partial charge in [-0.3, -0.25) is 10.2 Å². The molecule has 0 aliphatic carbocycles. The summed E-state index contributed by atoms with van der Waals surface area (Å²) in [5.41, 5.74) is 3.75. The van der Waals surface area contributed by atoms with Crippen LogP contribution in [0.25, 0.3) is 5.65 Å². The number of hydrazine groups is 1. The van der Waals surface area contributed by atoms with Gasteiger partial charge in [0.2, 0.25) is 0 Å². The lowest BCUT2D eigenvalue weighted by Gasteiger charge is -2.07. The predicted molar refractivity (Wildman–Crippen MR) is 73.8 cm³/mol. The van der Waals surface area contributed by atoms with Crippen LogP contribution in [0.4, 0.5) is 4.39 Å². The molecule has 6 nitrogen and oxygen atoms in total. The van der Waals surface area contributed by atoms with Gasteiger partial charge in [0, 0.05) is 25.0 Å². The van der Waals surface area contributed by atoms with Crippen LogP contribution in [0, 0.1) is 5.82 Å². The number of carbonyl (C=O) groups is 1. The Morgan fingerprint density at radius 2 is 2.19 bits per heavy atom. The molecule has 0 spiro atoms. The minimum absolute atomic E-state index is 0.148. The van der Waals surface area contributed by atoms with Crippen molar-refractivity contribution in [3.05, 3.63) is 65.6 Å². The van der Waals surface area contributed by atoms with Gasteiger partial charge in [0.25, 0.3) is 5.91 Å². The Morgan fingerprint density at radius 1 is 1.38 bits per heavy atom. The molecule has 0 atom stereocenters. The lowest BCUT2D eigenvalue weighted by Crippen LogP contribution is -2.31. The van der Waals surface area contributed by atoms with Crippen molar-refractivity contribution in [2.75, 3.05) is 0 Å². The van der Waals surface area contributed by atoms with E-state index >= 15 is 0 Å². The van der Waals surface area contributed by atoms with Crippen molar-refractivity contribution >= 4 is 11.6 Å². The number of hydrogen-bond donors (Lipinski definition) is 2. The summed E-state index contributed by atoms with van der Waals surface area (Å²) in [5, 5.41) is 0. The van der Waals surface area contributed by atoms with Crippen molar-refractivity contribution in [1.82, 2.24) is 19.8 Å². The molecule has 1 aromatic carbocycles. The summed E-state index contributed by atoms with van der Waals surface area (Å²) in [5.74, 6) is 4.29. The molecule has 2 aromatic heterocycles. The van der Waals surface area contributed by atoms with Gasteiger partial charge in [-0.15, -0.1) is 0 Å². The van der Waals surface area contributed by atoms with Gasteiger partial charge in [-0.05, 0) is 11.6 Å². The van der Waals surface area contributed by atoms with Crippen molar-refractivity contribution in [3.63, 3.8) is 0 Å². The van der Waals surface area contributed by atoms with E-state index in [4.69, 9.17) is 5.84 Å². The van der Waals surface area contributed by atoms with Gasteiger partial charge in [-0.2, -0.15) is 0 Å². The number of aromatic nitrogens is 3. The normalized spacial score (nSPS) is 10.8. The fraction of sp³-hybridized carbons (Fsp3) is 0.0714. The van der Waals surface area contributed by atoms with Crippen LogP contribution in [0.1, 0.15) is 21.7 Å². The number of hydrogen-bond acceptors (Lipinski definition) is 4. The molecule has 1 amide bonds. The SMILES string of the molecule is NNC(=O)c1cn2ccnc2c(Cc2ccccc2F)n1. The molecular weight excluding hydrogens is 273 g/mol. The maximum Gasteiger partial charge on any atom is 0.285 e. The van der Waals surface area contributed by atoms with Gasteiger partial charge >= 0.3 is 0 Å². The van der Waals surface area contributed by atoms with Gasteiger partial charge in [0.05, 0.1) is 5.69 Å². The topological polar surface area (TPSA) is 85.3 Å². The first-order chi connectivity index (χ1) is 10.2. The molecule has 0 saturated carbocycles. The van der Waals surface area contributed by atoms with E-state index in [1.807, 2.05) is 5.43 Å². The second-order valence-electron chi connectivity index (χ2n) is 4.47. The van der Waals surface area contributed by atoms with Crippen LogP contribution in [0.3, 0.4) is 0 Å². The largest absolute Gasteiger partial charge is 0.303 e. The van der Waals surface area contributed by atoms with Crippen LogP contribution < -0.4 is 11.3 Å². The Hall–Kier alpha value is -2.80. The number of halogens is 1. The molecule has 0 unspecified atom stereocenters. The van der Waals surface area contributed by atoms with E-state index < -0.39 is 5.91 Å². The van der Waals surface area contributed by atoms with Crippen molar-refractivity contribution in [2.24, 2.45) is 5.84 Å². The second kappa shape index (κ2) is 5.29. The molecule has 2 heterocycles. The summed E-state index contributed by atoms with van der Waals surface area (Å²) in [7, 11) is 0. The third-order valence-electron chi connectivity index (χ3n) is 3.12. The molecule has 7 heteroatoms. The third kappa shape index (κ3) is 2.46. The maximum atomic E-state index is 13.8. The summed E-state index contributed by atoms with van der Waals surface area (Å²) in [6.07, 6.45) is 5.04. The standard InChI is InChI=1S/C14H12FN5O/c15-10-4-2-1-3-9(10)7-11-13-17-5-6-20(13)8-12(18-11)14(21)19-16/h1-6,8H,7,16H2,(H,19,21). The van der Waals surface area contributed by atoms with Gasteiger partial charge < -0.3 is 4.40 Å². The Kier molecular flexibility index (Phi) is 3.33. The number of nitrogens with one attached hydrogen (secondary N) is 1. The molecule has 3 N–H and O–H groups in total. The quantitative estimate of drug-likeness (QED) is 0.428. The first-order valence-electron chi connectivity index (χ1n) is 6.26. The number of nitrogen functional groups attached to an aromatic ring is 1. The molecular formula is C14H12FN5O. The molecule has 0 aliphatic heterocycles. The number of nitrogens with two attached hydrogens (primary N) is 1. The number of carbonyl (C=O) groups excluding carboxylic acids is 1. The highest BCUT2D eigenvalue weighted by Crippen LogP contribution is 2.16. The van der Waals surface area contributed by atoms with Crippen molar-refractivity contribution < 1.29 is 9.18 Å². The number of nitrogens with zero attached hydrogens (tertiary/aromatic N) is 3. The summed E-state index contributed by atoms with van der Waals surface area (Å²) in [6.45, 7) is 0. The average Bonchev–Trinajstić information content (AvgIpc) is 2.97. The first kappa shape index (κ1) is 13.2. The maximum absolute atomic E-state index is 13.8. The second-order valence-corrected chi connectivity index (χ2v) is 4.47. The molecule has 0 fully saturated rings. The van der Waals surface area contributed by atoms with E-state index in [0.717, 1.165) is 0 Å². The Balaban J connectivity index is 2.10. The van der Waals surface area contributed by atoms with E-state index in [0.29, 0.717) is 16.9 Å². The summed E-state index contributed by atoms with van der Waals surface area (Å²) in [6, 6.07) is 6.42. The fourth-order valence-electron chi connectivity index (χ4n) is 2.12. The highest BCUT2D eigenvalue weighted by atomic mass is 19.1. The smallest absolute Gasteiger partial charge is 0.285 e. The zero-order valence-electron chi connectivity index (χ0n) is 11.0. The molecule has 0 saturated heterocycles. The number of benzene rings is 1. The molecule has 3 rings (SSSR count). The summed E-state index contributed by atoms with van der Waals surface area (Å²) in [4.78, 5) is 20.1. The van der Waals surface area contributed by atoms with Crippen LogP contribution in [-0.4, -0.2) is 20.3 Å². The zero-order chi connectivity index (χ0) is 14.8. The van der Waals surface area contributed by atoms with E-state index in [-0.39, 0.29) is 17.9 Å². The van der Waals surface area contributed by atoms with Gasteiger partial charge in [-0.1, -0.05) is 18.2 Å². The summed E-state index contributed by atoms with van der Waals surface area (Å²) >= 11 is 0. The van der Waals surface area contributed by atoms with Crippen LogP contribution in [0.2, 0.25) is 0 Å². The monoisotopic (exact) mass is 285 g/mol. The molecule has 0 radical (unpaired) electrons. The fourth-order valence-corrected chi connectivity index (χ4v) is 2.12. The van der Waals surface area contributed by atoms with Gasteiger partial charge in [0.15, 0.2) is 5.65 Å². The number of imidazole rings is 1. The molecule has 3 aromatic rings. The molecule has 0 aliphatic rings. The number of fused-ring (bicyclic) bond motifs is 1. The predicted octanol–water partition coefficient (Wildman–Crippen LogP) is 1.06. The molecule has 106 valence electrons. The lowest BCUT2D eigenvalue weighted by molar-refractivity contribution is 0.0948. The van der Waals surface area contributed by atoms with Crippen LogP contribution in [-0.2, 0) is 6.42 Å². The van der Waals surface area contributed by atoms with E-state index in [1.54, 1.807) is 35.0 Å². The van der Waals surface area contributed by atoms with Crippen LogP contribution in [0.15, 0.2) is 42.9 Å². The van der Waals surface area contributed by atoms with Crippen LogP contribution in [0.5, 0.6) is 0 Å². The van der Waals surface area contributed by atoms with E-state index in [2.05, 4.69) is 9.97 Å². The molecule has 21 heavy (non-hydrogen) atoms. The molecule has 0 bridgehead atoms. The number of amides is 1. The minimum Gasteiger partial charge on any atom is -0.303 e. The van der Waals surface area contributed by atoms with Crippen molar-refractivity contribution in [2.45, 2.75) is 6.42 Å². The van der Waals surface area contributed by atoms with Gasteiger partial charge in [-0.25, -0.2) is 20.2 Å².